The number of hydrogen-bond acceptors (Lipinski definition) is 7. The van der Waals surface area contributed by atoms with Crippen LogP contribution < -0.4 is 14.3 Å². The highest BCUT2D eigenvalue weighted by molar-refractivity contribution is 7.93. The number of benzene rings is 2. The Hall–Kier alpha value is -2.96. The summed E-state index contributed by atoms with van der Waals surface area (Å²) in [6.45, 7) is 5.19. The van der Waals surface area contributed by atoms with Gasteiger partial charge in [-0.05, 0) is 68.3 Å². The Morgan fingerprint density at radius 3 is 2.15 bits per heavy atom. The lowest BCUT2D eigenvalue weighted by molar-refractivity contribution is -0.116. The lowest BCUT2D eigenvalue weighted by atomic mass is 10.1. The number of hydrogen-bond donors (Lipinski definition) is 2. The molecule has 1 atom stereocenters. The van der Waals surface area contributed by atoms with E-state index in [0.717, 1.165) is 33.0 Å². The van der Waals surface area contributed by atoms with Crippen molar-refractivity contribution in [2.75, 3.05) is 20.6 Å². The van der Waals surface area contributed by atoms with Crippen molar-refractivity contribution < 1.29 is 21.6 Å². The van der Waals surface area contributed by atoms with E-state index in [0.29, 0.717) is 11.4 Å². The molecule has 0 aliphatic rings. The first kappa shape index (κ1) is 24.7. The molecule has 0 aliphatic heterocycles. The van der Waals surface area contributed by atoms with Gasteiger partial charge in [-0.3, -0.25) is 13.8 Å². The summed E-state index contributed by atoms with van der Waals surface area (Å²) >= 11 is 1.15. The third-order valence-electron chi connectivity index (χ3n) is 4.64. The fraction of sp³-hybridized carbons (Fsp3) is 0.238. The van der Waals surface area contributed by atoms with Gasteiger partial charge in [0.05, 0.1) is 16.8 Å². The normalized spacial score (nSPS) is 12.7. The first-order valence-electron chi connectivity index (χ1n) is 9.78. The van der Waals surface area contributed by atoms with Crippen LogP contribution in [0.15, 0.2) is 58.9 Å². The Bertz CT molecular complexity index is 1330. The monoisotopic (exact) mass is 508 g/mol. The van der Waals surface area contributed by atoms with E-state index in [2.05, 4.69) is 15.0 Å². The van der Waals surface area contributed by atoms with Crippen LogP contribution in [0.2, 0.25) is 0 Å². The number of rotatable bonds is 8. The Labute approximate surface area is 197 Å². The van der Waals surface area contributed by atoms with E-state index >= 15 is 0 Å². The van der Waals surface area contributed by atoms with Gasteiger partial charge in [-0.1, -0.05) is 6.07 Å². The van der Waals surface area contributed by atoms with Crippen molar-refractivity contribution in [2.24, 2.45) is 0 Å². The molecule has 1 amide bonds. The van der Waals surface area contributed by atoms with Crippen molar-refractivity contribution >= 4 is 53.8 Å². The Morgan fingerprint density at radius 2 is 1.64 bits per heavy atom. The second kappa shape index (κ2) is 9.49. The average molecular weight is 509 g/mol. The largest absolute Gasteiger partial charge is 0.324 e. The molecule has 1 heterocycles. The van der Waals surface area contributed by atoms with E-state index in [9.17, 15) is 21.6 Å². The molecule has 0 spiro atoms. The van der Waals surface area contributed by atoms with Gasteiger partial charge in [0.2, 0.25) is 15.9 Å². The van der Waals surface area contributed by atoms with Crippen LogP contribution in [0.25, 0.3) is 0 Å². The zero-order valence-corrected chi connectivity index (χ0v) is 20.9. The van der Waals surface area contributed by atoms with Gasteiger partial charge in [-0.2, -0.15) is 0 Å². The summed E-state index contributed by atoms with van der Waals surface area (Å²) in [5, 5.41) is 4.54. The number of amides is 1. The summed E-state index contributed by atoms with van der Waals surface area (Å²) in [6.07, 6.45) is 2.53. The van der Waals surface area contributed by atoms with Gasteiger partial charge in [0, 0.05) is 17.3 Å². The molecule has 0 saturated carbocycles. The fourth-order valence-electron chi connectivity index (χ4n) is 3.30. The van der Waals surface area contributed by atoms with E-state index in [4.69, 9.17) is 0 Å². The molecule has 33 heavy (non-hydrogen) atoms. The SMILES string of the molecule is Cc1cc(C)cc(N(C(C)C(=O)Nc2ccc(S(=O)(=O)Nc3nccs3)cc2)S(C)(=O)=O)c1. The molecule has 9 nitrogen and oxygen atoms in total. The van der Waals surface area contributed by atoms with Crippen molar-refractivity contribution in [1.29, 1.82) is 0 Å². The summed E-state index contributed by atoms with van der Waals surface area (Å²) < 4.78 is 53.3. The molecule has 176 valence electrons. The van der Waals surface area contributed by atoms with E-state index in [-0.39, 0.29) is 10.0 Å². The van der Waals surface area contributed by atoms with Crippen LogP contribution in [-0.4, -0.2) is 40.0 Å². The fourth-order valence-corrected chi connectivity index (χ4v) is 6.25. The first-order chi connectivity index (χ1) is 15.4. The first-order valence-corrected chi connectivity index (χ1v) is 14.0. The maximum absolute atomic E-state index is 12.9. The van der Waals surface area contributed by atoms with Crippen molar-refractivity contribution in [2.45, 2.75) is 31.7 Å². The summed E-state index contributed by atoms with van der Waals surface area (Å²) in [7, 11) is -7.58. The Balaban J connectivity index is 1.79. The molecule has 0 fully saturated rings. The molecule has 0 saturated heterocycles. The van der Waals surface area contributed by atoms with Crippen LogP contribution in [0.3, 0.4) is 0 Å². The molecular formula is C21H24N4O5S3. The highest BCUT2D eigenvalue weighted by atomic mass is 32.2. The number of carbonyl (C=O) groups is 1. The minimum atomic E-state index is -3.82. The van der Waals surface area contributed by atoms with Gasteiger partial charge in [0.1, 0.15) is 6.04 Å². The minimum Gasteiger partial charge on any atom is -0.324 e. The van der Waals surface area contributed by atoms with E-state index < -0.39 is 32.0 Å². The molecule has 1 aromatic heterocycles. The minimum absolute atomic E-state index is 0.00301. The second-order valence-corrected chi connectivity index (χ2v) is 12.0. The Kier molecular flexibility index (Phi) is 7.10. The summed E-state index contributed by atoms with van der Waals surface area (Å²) in [4.78, 5) is 16.8. The molecule has 12 heteroatoms. The van der Waals surface area contributed by atoms with Gasteiger partial charge in [-0.15, -0.1) is 11.3 Å². The molecule has 0 aliphatic carbocycles. The van der Waals surface area contributed by atoms with E-state index in [1.54, 1.807) is 17.5 Å². The van der Waals surface area contributed by atoms with Gasteiger partial charge < -0.3 is 5.32 Å². The number of anilines is 3. The smallest absolute Gasteiger partial charge is 0.263 e. The van der Waals surface area contributed by atoms with Crippen LogP contribution in [0, 0.1) is 13.8 Å². The van der Waals surface area contributed by atoms with Gasteiger partial charge in [0.15, 0.2) is 5.13 Å². The maximum atomic E-state index is 12.9. The molecule has 0 radical (unpaired) electrons. The molecule has 3 rings (SSSR count). The van der Waals surface area contributed by atoms with Crippen LogP contribution in [-0.2, 0) is 24.8 Å². The molecule has 2 N–H and O–H groups in total. The average Bonchev–Trinajstić information content (AvgIpc) is 3.19. The van der Waals surface area contributed by atoms with Crippen LogP contribution >= 0.6 is 11.3 Å². The topological polar surface area (TPSA) is 126 Å². The quantitative estimate of drug-likeness (QED) is 0.481. The predicted molar refractivity (Wildman–Crippen MR) is 131 cm³/mol. The predicted octanol–water partition coefficient (Wildman–Crippen LogP) is 3.35. The van der Waals surface area contributed by atoms with Crippen LogP contribution in [0.1, 0.15) is 18.1 Å². The number of thiazole rings is 1. The number of aromatic nitrogens is 1. The number of nitrogens with one attached hydrogen (secondary N) is 2. The van der Waals surface area contributed by atoms with Crippen LogP contribution in [0.5, 0.6) is 0 Å². The molecule has 1 unspecified atom stereocenters. The third-order valence-corrected chi connectivity index (χ3v) is 8.05. The second-order valence-electron chi connectivity index (χ2n) is 7.54. The number of aryl methyl sites for hydroxylation is 2. The lowest BCUT2D eigenvalue weighted by Crippen LogP contribution is -2.45. The van der Waals surface area contributed by atoms with Crippen molar-refractivity contribution in [1.82, 2.24) is 4.98 Å². The van der Waals surface area contributed by atoms with E-state index in [1.807, 2.05) is 19.9 Å². The maximum Gasteiger partial charge on any atom is 0.263 e. The van der Waals surface area contributed by atoms with Gasteiger partial charge in [-0.25, -0.2) is 21.8 Å². The molecule has 0 bridgehead atoms. The number of carbonyl (C=O) groups excluding carboxylic acids is 1. The summed E-state index contributed by atoms with van der Waals surface area (Å²) in [5.74, 6) is -0.559. The lowest BCUT2D eigenvalue weighted by Gasteiger charge is -2.28. The number of nitrogens with zero attached hydrogens (tertiary/aromatic N) is 2. The summed E-state index contributed by atoms with van der Waals surface area (Å²) in [5.41, 5.74) is 2.46. The highest BCUT2D eigenvalue weighted by Gasteiger charge is 2.29. The van der Waals surface area contributed by atoms with Crippen molar-refractivity contribution in [3.63, 3.8) is 0 Å². The Morgan fingerprint density at radius 1 is 1.03 bits per heavy atom. The molecular weight excluding hydrogens is 484 g/mol. The standard InChI is InChI=1S/C21H24N4O5S3/c1-14-11-15(2)13-18(12-14)25(32(4,27)28)16(3)20(26)23-17-5-7-19(8-6-17)33(29,30)24-21-22-9-10-31-21/h5-13,16H,1-4H3,(H,22,24)(H,23,26). The van der Waals surface area contributed by atoms with Gasteiger partial charge >= 0.3 is 0 Å². The van der Waals surface area contributed by atoms with Crippen LogP contribution in [0.4, 0.5) is 16.5 Å². The molecule has 3 aromatic rings. The zero-order chi connectivity index (χ0) is 24.4. The zero-order valence-electron chi connectivity index (χ0n) is 18.4. The van der Waals surface area contributed by atoms with Crippen molar-refractivity contribution in [3.05, 3.63) is 65.2 Å². The highest BCUT2D eigenvalue weighted by Crippen LogP contribution is 2.25. The number of sulfonamides is 2. The van der Waals surface area contributed by atoms with Crippen molar-refractivity contribution in [3.8, 4) is 0 Å². The van der Waals surface area contributed by atoms with E-state index in [1.165, 1.54) is 37.4 Å². The molecule has 2 aromatic carbocycles. The summed E-state index contributed by atoms with van der Waals surface area (Å²) in [6, 6.07) is 9.82. The van der Waals surface area contributed by atoms with Gasteiger partial charge in [0.25, 0.3) is 10.0 Å². The third kappa shape index (κ3) is 6.09.